The molecular formula is C19H30N2O2. The van der Waals surface area contributed by atoms with Crippen molar-refractivity contribution < 1.29 is 9.90 Å². The lowest BCUT2D eigenvalue weighted by atomic mass is 9.75. The third-order valence-electron chi connectivity index (χ3n) is 5.10. The summed E-state index contributed by atoms with van der Waals surface area (Å²) in [5.41, 5.74) is 1.09. The lowest BCUT2D eigenvalue weighted by Crippen LogP contribution is -2.46. The summed E-state index contributed by atoms with van der Waals surface area (Å²) in [6.45, 7) is 8.57. The number of nitrogens with zero attached hydrogens (tertiary/aromatic N) is 1. The zero-order valence-corrected chi connectivity index (χ0v) is 14.6. The summed E-state index contributed by atoms with van der Waals surface area (Å²) in [5.74, 6) is 0.437. The number of aliphatic hydroxyl groups is 1. The van der Waals surface area contributed by atoms with Gasteiger partial charge in [-0.3, -0.25) is 4.79 Å². The average Bonchev–Trinajstić information content (AvgIpc) is 2.56. The van der Waals surface area contributed by atoms with E-state index in [1.807, 2.05) is 11.0 Å². The van der Waals surface area contributed by atoms with Gasteiger partial charge in [0, 0.05) is 45.1 Å². The monoisotopic (exact) mass is 318 g/mol. The second-order valence-corrected chi connectivity index (χ2v) is 7.30. The molecule has 1 unspecified atom stereocenters. The topological polar surface area (TPSA) is 52.6 Å². The Morgan fingerprint density at radius 1 is 1.30 bits per heavy atom. The number of likely N-dealkylation sites (tertiary alicyclic amines) is 1. The highest BCUT2D eigenvalue weighted by molar-refractivity contribution is 5.73. The maximum Gasteiger partial charge on any atom is 0.219 e. The van der Waals surface area contributed by atoms with Gasteiger partial charge < -0.3 is 15.3 Å². The summed E-state index contributed by atoms with van der Waals surface area (Å²) in [6, 6.07) is 10.9. The molecule has 1 amide bonds. The van der Waals surface area contributed by atoms with E-state index < -0.39 is 0 Å². The van der Waals surface area contributed by atoms with Crippen molar-refractivity contribution in [2.24, 2.45) is 5.41 Å². The molecule has 128 valence electrons. The molecule has 0 bridgehead atoms. The second-order valence-electron chi connectivity index (χ2n) is 7.30. The van der Waals surface area contributed by atoms with E-state index in [4.69, 9.17) is 0 Å². The fourth-order valence-corrected chi connectivity index (χ4v) is 3.32. The van der Waals surface area contributed by atoms with Crippen LogP contribution in [-0.4, -0.2) is 48.2 Å². The van der Waals surface area contributed by atoms with Gasteiger partial charge in [-0.25, -0.2) is 0 Å². The van der Waals surface area contributed by atoms with Gasteiger partial charge in [0.05, 0.1) is 0 Å². The van der Waals surface area contributed by atoms with E-state index in [1.54, 1.807) is 6.92 Å². The number of benzene rings is 1. The number of hydrogen-bond acceptors (Lipinski definition) is 3. The maximum atomic E-state index is 11.4. The summed E-state index contributed by atoms with van der Waals surface area (Å²) in [6.07, 6.45) is 2.00. The molecule has 1 saturated heterocycles. The molecule has 0 saturated carbocycles. The first kappa shape index (κ1) is 18.0. The first-order valence-corrected chi connectivity index (χ1v) is 8.58. The first-order chi connectivity index (χ1) is 10.9. The van der Waals surface area contributed by atoms with E-state index in [0.717, 1.165) is 32.5 Å². The van der Waals surface area contributed by atoms with Crippen molar-refractivity contribution in [3.63, 3.8) is 0 Å². The molecule has 1 atom stereocenters. The molecule has 0 aliphatic carbocycles. The Kier molecular flexibility index (Phi) is 6.19. The van der Waals surface area contributed by atoms with Crippen LogP contribution in [-0.2, 0) is 4.79 Å². The van der Waals surface area contributed by atoms with E-state index >= 15 is 0 Å². The summed E-state index contributed by atoms with van der Waals surface area (Å²) < 4.78 is 0. The van der Waals surface area contributed by atoms with E-state index in [9.17, 15) is 9.90 Å². The van der Waals surface area contributed by atoms with Gasteiger partial charge in [0.2, 0.25) is 5.91 Å². The van der Waals surface area contributed by atoms with Crippen LogP contribution in [0.3, 0.4) is 0 Å². The van der Waals surface area contributed by atoms with Crippen LogP contribution in [0.1, 0.15) is 45.1 Å². The number of amides is 1. The minimum Gasteiger partial charge on any atom is -0.396 e. The van der Waals surface area contributed by atoms with Crippen LogP contribution in [0.2, 0.25) is 0 Å². The van der Waals surface area contributed by atoms with Crippen LogP contribution in [0.4, 0.5) is 0 Å². The van der Waals surface area contributed by atoms with Crippen molar-refractivity contribution >= 4 is 5.91 Å². The molecule has 1 aromatic carbocycles. The molecule has 2 rings (SSSR count). The summed E-state index contributed by atoms with van der Waals surface area (Å²) in [7, 11) is 0. The highest BCUT2D eigenvalue weighted by Crippen LogP contribution is 2.34. The van der Waals surface area contributed by atoms with E-state index in [-0.39, 0.29) is 23.8 Å². The largest absolute Gasteiger partial charge is 0.396 e. The molecular weight excluding hydrogens is 288 g/mol. The Hall–Kier alpha value is -1.39. The van der Waals surface area contributed by atoms with E-state index in [1.165, 1.54) is 5.56 Å². The normalized spacial score (nSPS) is 18.0. The molecule has 2 N–H and O–H groups in total. The van der Waals surface area contributed by atoms with Crippen LogP contribution < -0.4 is 5.32 Å². The van der Waals surface area contributed by atoms with Crippen LogP contribution in [0, 0.1) is 5.41 Å². The zero-order chi connectivity index (χ0) is 16.9. The molecule has 0 spiro atoms. The molecule has 1 aliphatic heterocycles. The van der Waals surface area contributed by atoms with Crippen molar-refractivity contribution in [3.05, 3.63) is 35.9 Å². The first-order valence-electron chi connectivity index (χ1n) is 8.58. The Balaban J connectivity index is 1.96. The van der Waals surface area contributed by atoms with Gasteiger partial charge in [-0.1, -0.05) is 44.2 Å². The van der Waals surface area contributed by atoms with Crippen LogP contribution in [0.15, 0.2) is 30.3 Å². The maximum absolute atomic E-state index is 11.4. The molecule has 1 heterocycles. The van der Waals surface area contributed by atoms with Crippen molar-refractivity contribution in [1.82, 2.24) is 10.2 Å². The number of hydrogen-bond donors (Lipinski definition) is 2. The molecule has 4 heteroatoms. The fraction of sp³-hybridized carbons (Fsp3) is 0.632. The molecule has 4 nitrogen and oxygen atoms in total. The highest BCUT2D eigenvalue weighted by atomic mass is 16.3. The van der Waals surface area contributed by atoms with Gasteiger partial charge in [0.25, 0.3) is 0 Å². The summed E-state index contributed by atoms with van der Waals surface area (Å²) in [5, 5.41) is 13.5. The number of rotatable bonds is 6. The van der Waals surface area contributed by atoms with Crippen LogP contribution in [0.25, 0.3) is 0 Å². The lowest BCUT2D eigenvalue weighted by molar-refractivity contribution is -0.129. The van der Waals surface area contributed by atoms with Crippen molar-refractivity contribution in [1.29, 1.82) is 0 Å². The Morgan fingerprint density at radius 2 is 1.91 bits per heavy atom. The molecule has 23 heavy (non-hydrogen) atoms. The number of piperidine rings is 1. The predicted molar refractivity (Wildman–Crippen MR) is 93.3 cm³/mol. The Labute approximate surface area is 139 Å². The summed E-state index contributed by atoms with van der Waals surface area (Å²) in [4.78, 5) is 13.3. The lowest BCUT2D eigenvalue weighted by Gasteiger charge is -2.37. The SMILES string of the molecule is CC(=O)N1CCC(NCC(c2ccccc2)C(C)(C)CO)CC1. The number of nitrogens with one attached hydrogen (secondary N) is 1. The van der Waals surface area contributed by atoms with Crippen LogP contribution in [0.5, 0.6) is 0 Å². The van der Waals surface area contributed by atoms with E-state index in [0.29, 0.717) is 6.04 Å². The zero-order valence-electron chi connectivity index (χ0n) is 14.6. The van der Waals surface area contributed by atoms with Gasteiger partial charge in [-0.05, 0) is 23.8 Å². The number of carbonyl (C=O) groups excluding carboxylic acids is 1. The highest BCUT2D eigenvalue weighted by Gasteiger charge is 2.31. The van der Waals surface area contributed by atoms with Gasteiger partial charge in [0.1, 0.15) is 0 Å². The smallest absolute Gasteiger partial charge is 0.219 e. The molecule has 0 radical (unpaired) electrons. The van der Waals surface area contributed by atoms with Crippen LogP contribution >= 0.6 is 0 Å². The van der Waals surface area contributed by atoms with E-state index in [2.05, 4.69) is 43.4 Å². The third-order valence-corrected chi connectivity index (χ3v) is 5.10. The molecule has 1 aliphatic rings. The third kappa shape index (κ3) is 4.79. The average molecular weight is 318 g/mol. The van der Waals surface area contributed by atoms with Gasteiger partial charge in [-0.15, -0.1) is 0 Å². The number of carbonyl (C=O) groups is 1. The molecule has 1 aromatic rings. The van der Waals surface area contributed by atoms with Crippen molar-refractivity contribution in [3.8, 4) is 0 Å². The molecule has 0 aromatic heterocycles. The summed E-state index contributed by atoms with van der Waals surface area (Å²) >= 11 is 0. The predicted octanol–water partition coefficient (Wildman–Crippen LogP) is 2.39. The van der Waals surface area contributed by atoms with Crippen molar-refractivity contribution in [2.75, 3.05) is 26.2 Å². The quantitative estimate of drug-likeness (QED) is 0.847. The van der Waals surface area contributed by atoms with Crippen molar-refractivity contribution in [2.45, 2.75) is 45.6 Å². The fourth-order valence-electron chi connectivity index (χ4n) is 3.32. The van der Waals surface area contributed by atoms with Gasteiger partial charge >= 0.3 is 0 Å². The van der Waals surface area contributed by atoms with Gasteiger partial charge in [-0.2, -0.15) is 0 Å². The van der Waals surface area contributed by atoms with Gasteiger partial charge in [0.15, 0.2) is 0 Å². The Bertz CT molecular complexity index is 493. The standard InChI is InChI=1S/C19H30N2O2/c1-15(23)21-11-9-17(10-12-21)20-13-18(19(2,3)14-22)16-7-5-4-6-8-16/h4-8,17-18,20,22H,9-14H2,1-3H3. The molecule has 1 fully saturated rings. The Morgan fingerprint density at radius 3 is 2.43 bits per heavy atom. The minimum absolute atomic E-state index is 0.164. The second kappa shape index (κ2) is 7.93. The minimum atomic E-state index is -0.172. The number of aliphatic hydroxyl groups excluding tert-OH is 1.